The minimum atomic E-state index is 0.00567. The Morgan fingerprint density at radius 3 is 3.15 bits per heavy atom. The largest absolute Gasteiger partial charge is 0.486 e. The van der Waals surface area contributed by atoms with Gasteiger partial charge in [0.15, 0.2) is 0 Å². The van der Waals surface area contributed by atoms with Gasteiger partial charge in [0.05, 0.1) is 0 Å². The molecular weight excluding hydrogens is 254 g/mol. The zero-order valence-electron chi connectivity index (χ0n) is 11.3. The molecule has 3 heterocycles. The highest BCUT2D eigenvalue weighted by Gasteiger charge is 2.42. The summed E-state index contributed by atoms with van der Waals surface area (Å²) in [7, 11) is 0. The average molecular weight is 271 g/mol. The van der Waals surface area contributed by atoms with Crippen molar-refractivity contribution >= 4 is 0 Å². The summed E-state index contributed by atoms with van der Waals surface area (Å²) in [5.74, 6) is 1.43. The number of aromatic nitrogens is 2. The Kier molecular flexibility index (Phi) is 2.73. The molecule has 5 heteroatoms. The Morgan fingerprint density at radius 2 is 2.25 bits per heavy atom. The molecule has 4 rings (SSSR count). The van der Waals surface area contributed by atoms with E-state index in [1.54, 1.807) is 0 Å². The molecule has 0 radical (unpaired) electrons. The maximum Gasteiger partial charge on any atom is 0.247 e. The van der Waals surface area contributed by atoms with Crippen LogP contribution >= 0.6 is 0 Å². The van der Waals surface area contributed by atoms with Gasteiger partial charge in [-0.15, -0.1) is 10.2 Å². The first-order valence-electron chi connectivity index (χ1n) is 7.11. The van der Waals surface area contributed by atoms with Crippen LogP contribution in [0.4, 0.5) is 0 Å². The molecule has 20 heavy (non-hydrogen) atoms. The van der Waals surface area contributed by atoms with Gasteiger partial charge in [-0.25, -0.2) is 0 Å². The number of nitrogens with zero attached hydrogens (tertiary/aromatic N) is 3. The van der Waals surface area contributed by atoms with Gasteiger partial charge in [0, 0.05) is 25.1 Å². The second kappa shape index (κ2) is 4.59. The van der Waals surface area contributed by atoms with Gasteiger partial charge in [-0.05, 0) is 37.6 Å². The van der Waals surface area contributed by atoms with Crippen molar-refractivity contribution in [3.63, 3.8) is 0 Å². The molecule has 1 unspecified atom stereocenters. The van der Waals surface area contributed by atoms with Crippen LogP contribution < -0.4 is 4.74 Å². The molecule has 0 aliphatic carbocycles. The van der Waals surface area contributed by atoms with Crippen LogP contribution in [0.3, 0.4) is 0 Å². The minimum Gasteiger partial charge on any atom is -0.486 e. The van der Waals surface area contributed by atoms with E-state index in [0.717, 1.165) is 37.2 Å². The molecule has 1 aromatic heterocycles. The van der Waals surface area contributed by atoms with E-state index in [4.69, 9.17) is 9.15 Å². The minimum absolute atomic E-state index is 0.00567. The molecule has 2 aliphatic rings. The molecule has 2 aromatic rings. The summed E-state index contributed by atoms with van der Waals surface area (Å²) >= 11 is 0. The molecule has 5 nitrogen and oxygen atoms in total. The second-order valence-corrected chi connectivity index (χ2v) is 5.69. The van der Waals surface area contributed by atoms with Crippen molar-refractivity contribution in [1.29, 1.82) is 0 Å². The highest BCUT2D eigenvalue weighted by atomic mass is 16.5. The van der Waals surface area contributed by atoms with Crippen molar-refractivity contribution in [2.75, 3.05) is 19.6 Å². The van der Waals surface area contributed by atoms with Gasteiger partial charge in [0.1, 0.15) is 11.4 Å². The van der Waals surface area contributed by atoms with Crippen LogP contribution in [0.2, 0.25) is 0 Å². The highest BCUT2D eigenvalue weighted by Crippen LogP contribution is 2.36. The van der Waals surface area contributed by atoms with Crippen molar-refractivity contribution in [1.82, 2.24) is 15.1 Å². The molecule has 2 saturated heterocycles. The van der Waals surface area contributed by atoms with Gasteiger partial charge in [-0.1, -0.05) is 6.07 Å². The fourth-order valence-corrected chi connectivity index (χ4v) is 3.32. The van der Waals surface area contributed by atoms with Gasteiger partial charge in [0.25, 0.3) is 0 Å². The summed E-state index contributed by atoms with van der Waals surface area (Å²) in [5.41, 5.74) is 0.910. The lowest BCUT2D eigenvalue weighted by molar-refractivity contribution is 0.0453. The van der Waals surface area contributed by atoms with E-state index >= 15 is 0 Å². The van der Waals surface area contributed by atoms with Crippen LogP contribution in [0.5, 0.6) is 5.75 Å². The first-order valence-corrected chi connectivity index (χ1v) is 7.11. The van der Waals surface area contributed by atoms with Gasteiger partial charge in [-0.3, -0.25) is 4.90 Å². The van der Waals surface area contributed by atoms with Gasteiger partial charge >= 0.3 is 0 Å². The van der Waals surface area contributed by atoms with Crippen LogP contribution in [-0.4, -0.2) is 40.3 Å². The predicted octanol–water partition coefficient (Wildman–Crippen LogP) is 2.35. The average Bonchev–Trinajstić information content (AvgIpc) is 3.08. The van der Waals surface area contributed by atoms with Crippen molar-refractivity contribution in [2.24, 2.45) is 0 Å². The van der Waals surface area contributed by atoms with E-state index in [9.17, 15) is 0 Å². The summed E-state index contributed by atoms with van der Waals surface area (Å²) in [4.78, 5) is 2.49. The van der Waals surface area contributed by atoms with E-state index in [0.29, 0.717) is 5.89 Å². The third kappa shape index (κ3) is 2.08. The Labute approximate surface area is 117 Å². The van der Waals surface area contributed by atoms with E-state index in [2.05, 4.69) is 15.1 Å². The molecular formula is C15H17N3O2. The van der Waals surface area contributed by atoms with Crippen molar-refractivity contribution in [3.8, 4) is 17.2 Å². The molecule has 0 spiro atoms. The third-order valence-corrected chi connectivity index (χ3v) is 4.28. The maximum absolute atomic E-state index is 6.34. The summed E-state index contributed by atoms with van der Waals surface area (Å²) in [6, 6.07) is 7.92. The molecule has 2 atom stereocenters. The van der Waals surface area contributed by atoms with Crippen LogP contribution in [0.1, 0.15) is 19.3 Å². The lowest BCUT2D eigenvalue weighted by Gasteiger charge is -2.34. The summed E-state index contributed by atoms with van der Waals surface area (Å²) < 4.78 is 11.6. The Balaban J connectivity index is 1.59. The third-order valence-electron chi connectivity index (χ3n) is 4.28. The molecule has 1 aromatic carbocycles. The second-order valence-electron chi connectivity index (χ2n) is 5.69. The Morgan fingerprint density at radius 1 is 1.25 bits per heavy atom. The molecule has 0 N–H and O–H groups in total. The number of piperidine rings is 1. The lowest BCUT2D eigenvalue weighted by atomic mass is 9.94. The van der Waals surface area contributed by atoms with Crippen LogP contribution in [0.25, 0.3) is 11.5 Å². The molecule has 104 valence electrons. The van der Waals surface area contributed by atoms with E-state index < -0.39 is 0 Å². The molecule has 2 aliphatic heterocycles. The molecule has 0 amide bonds. The van der Waals surface area contributed by atoms with Crippen molar-refractivity contribution in [3.05, 3.63) is 30.7 Å². The van der Waals surface area contributed by atoms with Gasteiger partial charge in [-0.2, -0.15) is 0 Å². The topological polar surface area (TPSA) is 51.4 Å². The van der Waals surface area contributed by atoms with Gasteiger partial charge < -0.3 is 9.15 Å². The monoisotopic (exact) mass is 271 g/mol. The number of hydrogen-bond donors (Lipinski definition) is 0. The standard InChI is InChI=1S/C15H17N3O2/c1-3-12(14-17-16-11-19-14)9-13(4-1)20-15-5-2-7-18(10-15)8-6-15/h1,3-4,9,11H,2,5-8,10H2/t15-/m0/s1. The van der Waals surface area contributed by atoms with Crippen LogP contribution in [0, 0.1) is 0 Å². The fourth-order valence-electron chi connectivity index (χ4n) is 3.32. The quantitative estimate of drug-likeness (QED) is 0.857. The first kappa shape index (κ1) is 11.9. The SMILES string of the molecule is c1cc(O[C@@]23CCCN(CC2)C3)cc(-c2nnco2)c1. The fraction of sp³-hybridized carbons (Fsp3) is 0.467. The smallest absolute Gasteiger partial charge is 0.247 e. The molecule has 2 bridgehead atoms. The molecule has 2 fully saturated rings. The molecule has 0 saturated carbocycles. The number of fused-ring (bicyclic) bond motifs is 2. The zero-order valence-corrected chi connectivity index (χ0v) is 11.3. The van der Waals surface area contributed by atoms with Crippen LogP contribution in [0.15, 0.2) is 35.1 Å². The normalized spacial score (nSPS) is 28.5. The number of rotatable bonds is 3. The van der Waals surface area contributed by atoms with E-state index in [-0.39, 0.29) is 5.60 Å². The highest BCUT2D eigenvalue weighted by molar-refractivity contribution is 5.55. The summed E-state index contributed by atoms with van der Waals surface area (Å²) in [5, 5.41) is 7.66. The Bertz CT molecular complexity index is 595. The maximum atomic E-state index is 6.34. The van der Waals surface area contributed by atoms with Crippen molar-refractivity contribution < 1.29 is 9.15 Å². The number of ether oxygens (including phenoxy) is 1. The van der Waals surface area contributed by atoms with Crippen molar-refractivity contribution in [2.45, 2.75) is 24.9 Å². The summed E-state index contributed by atoms with van der Waals surface area (Å²) in [6.07, 6.45) is 4.84. The lowest BCUT2D eigenvalue weighted by Crippen LogP contribution is -2.43. The number of hydrogen-bond acceptors (Lipinski definition) is 5. The van der Waals surface area contributed by atoms with E-state index in [1.165, 1.54) is 19.4 Å². The Hall–Kier alpha value is -1.88. The van der Waals surface area contributed by atoms with Gasteiger partial charge in [0.2, 0.25) is 12.3 Å². The van der Waals surface area contributed by atoms with Crippen LogP contribution in [-0.2, 0) is 0 Å². The first-order chi connectivity index (χ1) is 9.83. The zero-order chi connectivity index (χ0) is 13.4. The predicted molar refractivity (Wildman–Crippen MR) is 73.4 cm³/mol. The van der Waals surface area contributed by atoms with E-state index in [1.807, 2.05) is 24.3 Å². The summed E-state index contributed by atoms with van der Waals surface area (Å²) in [6.45, 7) is 3.42. The number of benzene rings is 1.